The van der Waals surface area contributed by atoms with Crippen LogP contribution in [0.4, 0.5) is 24.7 Å². The zero-order chi connectivity index (χ0) is 26.9. The highest BCUT2D eigenvalue weighted by atomic mass is 19.4. The van der Waals surface area contributed by atoms with Crippen molar-refractivity contribution in [2.24, 2.45) is 0 Å². The lowest BCUT2D eigenvalue weighted by atomic mass is 10.1. The lowest BCUT2D eigenvalue weighted by Gasteiger charge is -2.35. The van der Waals surface area contributed by atoms with Gasteiger partial charge in [0.05, 0.1) is 23.7 Å². The summed E-state index contributed by atoms with van der Waals surface area (Å²) >= 11 is 0. The van der Waals surface area contributed by atoms with Crippen LogP contribution in [0.1, 0.15) is 16.7 Å². The van der Waals surface area contributed by atoms with Gasteiger partial charge in [0.25, 0.3) is 0 Å². The number of carbonyl (C=O) groups is 1. The summed E-state index contributed by atoms with van der Waals surface area (Å²) in [7, 11) is 0. The van der Waals surface area contributed by atoms with Crippen molar-refractivity contribution in [1.29, 1.82) is 5.26 Å². The van der Waals surface area contributed by atoms with Crippen LogP contribution in [0.15, 0.2) is 59.1 Å². The number of pyridine rings is 1. The van der Waals surface area contributed by atoms with Gasteiger partial charge in [-0.3, -0.25) is 9.69 Å². The number of piperazine rings is 1. The molecule has 11 heteroatoms. The second-order valence-corrected chi connectivity index (χ2v) is 9.06. The third kappa shape index (κ3) is 5.45. The third-order valence-corrected chi connectivity index (χ3v) is 6.36. The van der Waals surface area contributed by atoms with E-state index in [0.29, 0.717) is 60.2 Å². The van der Waals surface area contributed by atoms with Crippen LogP contribution in [0.5, 0.6) is 0 Å². The van der Waals surface area contributed by atoms with Gasteiger partial charge in [-0.15, -0.1) is 0 Å². The number of nitrogens with zero attached hydrogens (tertiary/aromatic N) is 5. The van der Waals surface area contributed by atoms with Gasteiger partial charge >= 0.3 is 6.18 Å². The molecule has 8 nitrogen and oxygen atoms in total. The summed E-state index contributed by atoms with van der Waals surface area (Å²) in [6.45, 7) is 4.34. The first kappa shape index (κ1) is 25.2. The SMILES string of the molecule is Cc1cc(C#N)cc2nc(-c3ccc(NC(=O)CN4CCN(c5ccc(C(F)(F)F)cn5)CC4)cc3)oc12. The molecule has 5 rings (SSSR count). The van der Waals surface area contributed by atoms with E-state index >= 15 is 0 Å². The van der Waals surface area contributed by atoms with Crippen molar-refractivity contribution in [2.45, 2.75) is 13.1 Å². The molecule has 2 aromatic carbocycles. The van der Waals surface area contributed by atoms with Crippen LogP contribution in [0.3, 0.4) is 0 Å². The average molecular weight is 521 g/mol. The molecule has 1 saturated heterocycles. The van der Waals surface area contributed by atoms with E-state index in [4.69, 9.17) is 9.68 Å². The number of oxazole rings is 1. The third-order valence-electron chi connectivity index (χ3n) is 6.36. The van der Waals surface area contributed by atoms with Crippen molar-refractivity contribution < 1.29 is 22.4 Å². The Morgan fingerprint density at radius 3 is 2.47 bits per heavy atom. The fraction of sp³-hybridized carbons (Fsp3) is 0.259. The second kappa shape index (κ2) is 10.1. The highest BCUT2D eigenvalue weighted by Gasteiger charge is 2.31. The molecule has 0 radical (unpaired) electrons. The average Bonchev–Trinajstić information content (AvgIpc) is 3.34. The molecule has 0 bridgehead atoms. The number of fused-ring (bicyclic) bond motifs is 1. The van der Waals surface area contributed by atoms with Crippen molar-refractivity contribution in [3.63, 3.8) is 0 Å². The van der Waals surface area contributed by atoms with Crippen molar-refractivity contribution in [3.8, 4) is 17.5 Å². The van der Waals surface area contributed by atoms with Gasteiger partial charge in [-0.2, -0.15) is 18.4 Å². The molecule has 0 saturated carbocycles. The van der Waals surface area contributed by atoms with Gasteiger partial charge in [-0.05, 0) is 61.0 Å². The molecule has 194 valence electrons. The lowest BCUT2D eigenvalue weighted by Crippen LogP contribution is -2.48. The minimum atomic E-state index is -4.41. The number of amides is 1. The maximum atomic E-state index is 12.8. The Bertz CT molecular complexity index is 1500. The first-order chi connectivity index (χ1) is 18.2. The molecule has 0 aliphatic carbocycles. The quantitative estimate of drug-likeness (QED) is 0.402. The highest BCUT2D eigenvalue weighted by molar-refractivity contribution is 5.92. The predicted octanol–water partition coefficient (Wildman–Crippen LogP) is 4.85. The maximum absolute atomic E-state index is 12.8. The van der Waals surface area contributed by atoms with E-state index in [0.717, 1.165) is 23.4 Å². The number of hydrogen-bond donors (Lipinski definition) is 1. The summed E-state index contributed by atoms with van der Waals surface area (Å²) in [4.78, 5) is 24.9. The van der Waals surface area contributed by atoms with Crippen molar-refractivity contribution in [3.05, 3.63) is 71.4 Å². The van der Waals surface area contributed by atoms with Crippen molar-refractivity contribution >= 4 is 28.5 Å². The largest absolute Gasteiger partial charge is 0.436 e. The van der Waals surface area contributed by atoms with Crippen LogP contribution in [0.2, 0.25) is 0 Å². The minimum Gasteiger partial charge on any atom is -0.436 e. The van der Waals surface area contributed by atoms with E-state index < -0.39 is 11.7 Å². The Morgan fingerprint density at radius 2 is 1.84 bits per heavy atom. The fourth-order valence-corrected chi connectivity index (χ4v) is 4.36. The van der Waals surface area contributed by atoms with E-state index in [1.807, 2.05) is 16.7 Å². The van der Waals surface area contributed by atoms with Gasteiger partial charge in [0.15, 0.2) is 5.58 Å². The molecule has 3 heterocycles. The normalized spacial score (nSPS) is 14.4. The maximum Gasteiger partial charge on any atom is 0.417 e. The zero-order valence-electron chi connectivity index (χ0n) is 20.4. The smallest absolute Gasteiger partial charge is 0.417 e. The molecular formula is C27H23F3N6O2. The molecule has 38 heavy (non-hydrogen) atoms. The first-order valence-corrected chi connectivity index (χ1v) is 11.9. The number of rotatable bonds is 5. The van der Waals surface area contributed by atoms with Crippen LogP contribution < -0.4 is 10.2 Å². The fourth-order valence-electron chi connectivity index (χ4n) is 4.36. The number of carbonyl (C=O) groups excluding carboxylic acids is 1. The van der Waals surface area contributed by atoms with Gasteiger partial charge in [-0.1, -0.05) is 0 Å². The van der Waals surface area contributed by atoms with Crippen LogP contribution in [0.25, 0.3) is 22.6 Å². The van der Waals surface area contributed by atoms with E-state index in [1.165, 1.54) is 6.07 Å². The minimum absolute atomic E-state index is 0.166. The summed E-state index contributed by atoms with van der Waals surface area (Å²) in [5, 5.41) is 12.0. The van der Waals surface area contributed by atoms with Gasteiger partial charge in [0.1, 0.15) is 11.3 Å². The van der Waals surface area contributed by atoms with E-state index in [2.05, 4.69) is 21.4 Å². The number of aryl methyl sites for hydroxylation is 1. The molecular weight excluding hydrogens is 497 g/mol. The van der Waals surface area contributed by atoms with Gasteiger partial charge in [-0.25, -0.2) is 9.97 Å². The number of nitrogens with one attached hydrogen (secondary N) is 1. The molecule has 1 N–H and O–H groups in total. The van der Waals surface area contributed by atoms with Crippen LogP contribution >= 0.6 is 0 Å². The number of halogens is 3. The van der Waals surface area contributed by atoms with Crippen molar-refractivity contribution in [1.82, 2.24) is 14.9 Å². The number of alkyl halides is 3. The van der Waals surface area contributed by atoms with Crippen molar-refractivity contribution in [2.75, 3.05) is 42.9 Å². The Hall–Kier alpha value is -4.43. The second-order valence-electron chi connectivity index (χ2n) is 9.06. The van der Waals surface area contributed by atoms with Gasteiger partial charge in [0.2, 0.25) is 11.8 Å². The van der Waals surface area contributed by atoms with Crippen LogP contribution in [0, 0.1) is 18.3 Å². The zero-order valence-corrected chi connectivity index (χ0v) is 20.4. The van der Waals surface area contributed by atoms with E-state index in [-0.39, 0.29) is 12.5 Å². The number of hydrogen-bond acceptors (Lipinski definition) is 7. The van der Waals surface area contributed by atoms with Crippen LogP contribution in [-0.2, 0) is 11.0 Å². The Morgan fingerprint density at radius 1 is 1.11 bits per heavy atom. The number of aromatic nitrogens is 2. The van der Waals surface area contributed by atoms with Gasteiger partial charge < -0.3 is 14.6 Å². The first-order valence-electron chi connectivity index (χ1n) is 11.9. The molecule has 0 atom stereocenters. The van der Waals surface area contributed by atoms with Gasteiger partial charge in [0, 0.05) is 43.6 Å². The summed E-state index contributed by atoms with van der Waals surface area (Å²) in [6, 6.07) is 15.1. The molecule has 1 fully saturated rings. The monoisotopic (exact) mass is 520 g/mol. The summed E-state index contributed by atoms with van der Waals surface area (Å²) in [6.07, 6.45) is -3.57. The number of benzene rings is 2. The number of nitriles is 1. The van der Waals surface area contributed by atoms with E-state index in [9.17, 15) is 18.0 Å². The topological polar surface area (TPSA) is 98.3 Å². The molecule has 0 spiro atoms. The number of anilines is 2. The Kier molecular flexibility index (Phi) is 6.73. The summed E-state index contributed by atoms with van der Waals surface area (Å²) in [5.41, 5.74) is 3.19. The lowest BCUT2D eigenvalue weighted by molar-refractivity contribution is -0.137. The predicted molar refractivity (Wildman–Crippen MR) is 135 cm³/mol. The molecule has 1 amide bonds. The standard InChI is InChI=1S/C27H23F3N6O2/c1-17-12-18(14-31)13-22-25(17)38-26(34-22)19-2-5-21(6-3-19)33-24(37)16-35-8-10-36(11-9-35)23-7-4-20(15-32-23)27(28,29)30/h2-7,12-13,15H,8-11,16H2,1H3,(H,33,37). The molecule has 4 aromatic rings. The Balaban J connectivity index is 1.14. The molecule has 1 aliphatic heterocycles. The van der Waals surface area contributed by atoms with E-state index in [1.54, 1.807) is 36.4 Å². The molecule has 2 aromatic heterocycles. The summed E-state index contributed by atoms with van der Waals surface area (Å²) in [5.74, 6) is 0.749. The summed E-state index contributed by atoms with van der Waals surface area (Å²) < 4.78 is 44.1. The Labute approximate surface area is 216 Å². The molecule has 1 aliphatic rings. The molecule has 0 unspecified atom stereocenters. The van der Waals surface area contributed by atoms with Crippen LogP contribution in [-0.4, -0.2) is 53.5 Å². The highest BCUT2D eigenvalue weighted by Crippen LogP contribution is 2.30.